The van der Waals surface area contributed by atoms with Gasteiger partial charge in [-0.1, -0.05) is 19.1 Å². The summed E-state index contributed by atoms with van der Waals surface area (Å²) in [5, 5.41) is 8.57. The van der Waals surface area contributed by atoms with Crippen LogP contribution >= 0.6 is 0 Å². The lowest BCUT2D eigenvalue weighted by Crippen LogP contribution is -2.15. The first-order valence-electron chi connectivity index (χ1n) is 3.61. The van der Waals surface area contributed by atoms with E-state index in [1.165, 1.54) is 0 Å². The summed E-state index contributed by atoms with van der Waals surface area (Å²) in [7, 11) is 0. The first kappa shape index (κ1) is 7.32. The van der Waals surface area contributed by atoms with Crippen LogP contribution in [0.4, 0.5) is 0 Å². The molecule has 0 saturated heterocycles. The maximum atomic E-state index is 10.4. The highest BCUT2D eigenvalue weighted by Gasteiger charge is 2.18. The van der Waals surface area contributed by atoms with Crippen LogP contribution < -0.4 is 0 Å². The minimum atomic E-state index is -0.692. The Labute approximate surface area is 60.6 Å². The molecule has 2 atom stereocenters. The number of carboxylic acid groups (broad SMARTS) is 1. The third-order valence-corrected chi connectivity index (χ3v) is 1.92. The molecule has 0 aromatic rings. The molecular weight excluding hydrogens is 128 g/mol. The average Bonchev–Trinajstić information content (AvgIpc) is 1.88. The Hall–Kier alpha value is -0.790. The molecule has 10 heavy (non-hydrogen) atoms. The maximum absolute atomic E-state index is 10.4. The summed E-state index contributed by atoms with van der Waals surface area (Å²) in [6.45, 7) is 2.11. The van der Waals surface area contributed by atoms with E-state index in [1.807, 2.05) is 6.08 Å². The number of hydrogen-bond acceptors (Lipinski definition) is 1. The van der Waals surface area contributed by atoms with E-state index in [-0.39, 0.29) is 5.92 Å². The Morgan fingerprint density at radius 3 is 2.60 bits per heavy atom. The van der Waals surface area contributed by atoms with E-state index in [0.717, 1.165) is 12.8 Å². The molecule has 0 aromatic heterocycles. The lowest BCUT2D eigenvalue weighted by atomic mass is 9.90. The highest BCUT2D eigenvalue weighted by atomic mass is 16.4. The fraction of sp³-hybridized carbons (Fsp3) is 0.625. The van der Waals surface area contributed by atoms with Crippen LogP contribution in [0.25, 0.3) is 0 Å². The van der Waals surface area contributed by atoms with Gasteiger partial charge in [0.25, 0.3) is 0 Å². The third-order valence-electron chi connectivity index (χ3n) is 1.92. The number of rotatable bonds is 1. The van der Waals surface area contributed by atoms with Crippen LogP contribution in [-0.4, -0.2) is 11.1 Å². The van der Waals surface area contributed by atoms with Gasteiger partial charge in [0.1, 0.15) is 0 Å². The molecule has 56 valence electrons. The van der Waals surface area contributed by atoms with Gasteiger partial charge in [-0.2, -0.15) is 0 Å². The third kappa shape index (κ3) is 1.59. The molecule has 1 unspecified atom stereocenters. The molecule has 0 amide bonds. The SMILES string of the molecule is C[C@@H]1C=CC(C(=O)O)CC1. The molecular formula is C8H12O2. The van der Waals surface area contributed by atoms with E-state index in [0.29, 0.717) is 5.92 Å². The van der Waals surface area contributed by atoms with Gasteiger partial charge in [0.2, 0.25) is 0 Å². The second kappa shape index (κ2) is 2.86. The standard InChI is InChI=1S/C8H12O2/c1-6-2-4-7(5-3-6)8(9)10/h2,4,6-7H,3,5H2,1H3,(H,9,10)/t6-,7?/m1/s1. The second-order valence-corrected chi connectivity index (χ2v) is 2.88. The quantitative estimate of drug-likeness (QED) is 0.562. The van der Waals surface area contributed by atoms with Gasteiger partial charge >= 0.3 is 5.97 Å². The van der Waals surface area contributed by atoms with Crippen molar-refractivity contribution in [2.24, 2.45) is 11.8 Å². The van der Waals surface area contributed by atoms with E-state index in [2.05, 4.69) is 6.92 Å². The van der Waals surface area contributed by atoms with Gasteiger partial charge in [-0.3, -0.25) is 4.79 Å². The zero-order valence-electron chi connectivity index (χ0n) is 6.08. The molecule has 2 nitrogen and oxygen atoms in total. The summed E-state index contributed by atoms with van der Waals surface area (Å²) in [5.74, 6) is -0.352. The summed E-state index contributed by atoms with van der Waals surface area (Å²) in [6.07, 6.45) is 5.60. The molecule has 0 saturated carbocycles. The Kier molecular flexibility index (Phi) is 2.10. The average molecular weight is 140 g/mol. The molecule has 2 heteroatoms. The Morgan fingerprint density at radius 1 is 1.50 bits per heavy atom. The fourth-order valence-electron chi connectivity index (χ4n) is 1.16. The predicted octanol–water partition coefficient (Wildman–Crippen LogP) is 1.67. The first-order valence-corrected chi connectivity index (χ1v) is 3.61. The van der Waals surface area contributed by atoms with Crippen LogP contribution in [0, 0.1) is 11.8 Å². The van der Waals surface area contributed by atoms with Gasteiger partial charge in [0.05, 0.1) is 5.92 Å². The van der Waals surface area contributed by atoms with Crippen LogP contribution in [0.3, 0.4) is 0 Å². The minimum Gasteiger partial charge on any atom is -0.481 e. The molecule has 0 aliphatic heterocycles. The summed E-state index contributed by atoms with van der Waals surface area (Å²) in [5.41, 5.74) is 0. The van der Waals surface area contributed by atoms with E-state index < -0.39 is 5.97 Å². The largest absolute Gasteiger partial charge is 0.481 e. The van der Waals surface area contributed by atoms with Gasteiger partial charge < -0.3 is 5.11 Å². The van der Waals surface area contributed by atoms with Crippen molar-refractivity contribution in [3.8, 4) is 0 Å². The highest BCUT2D eigenvalue weighted by molar-refractivity contribution is 5.72. The number of hydrogen-bond donors (Lipinski definition) is 1. The van der Waals surface area contributed by atoms with Gasteiger partial charge in [-0.15, -0.1) is 0 Å². The number of aliphatic carboxylic acids is 1. The van der Waals surface area contributed by atoms with Crippen LogP contribution in [0.2, 0.25) is 0 Å². The molecule has 0 aromatic carbocycles. The van der Waals surface area contributed by atoms with Gasteiger partial charge in [0, 0.05) is 0 Å². The zero-order valence-corrected chi connectivity index (χ0v) is 6.08. The molecule has 1 rings (SSSR count). The van der Waals surface area contributed by atoms with Crippen molar-refractivity contribution in [2.45, 2.75) is 19.8 Å². The topological polar surface area (TPSA) is 37.3 Å². The van der Waals surface area contributed by atoms with Crippen molar-refractivity contribution in [1.82, 2.24) is 0 Å². The van der Waals surface area contributed by atoms with Crippen molar-refractivity contribution >= 4 is 5.97 Å². The number of allylic oxidation sites excluding steroid dienone is 1. The van der Waals surface area contributed by atoms with E-state index in [4.69, 9.17) is 5.11 Å². The van der Waals surface area contributed by atoms with Gasteiger partial charge in [-0.05, 0) is 18.8 Å². The van der Waals surface area contributed by atoms with Crippen LogP contribution in [0.15, 0.2) is 12.2 Å². The van der Waals surface area contributed by atoms with Crippen LogP contribution in [0.1, 0.15) is 19.8 Å². The van der Waals surface area contributed by atoms with E-state index in [1.54, 1.807) is 6.08 Å². The minimum absolute atomic E-state index is 0.226. The summed E-state index contributed by atoms with van der Waals surface area (Å²) in [4.78, 5) is 10.4. The second-order valence-electron chi connectivity index (χ2n) is 2.88. The lowest BCUT2D eigenvalue weighted by molar-refractivity contribution is -0.140. The Bertz CT molecular complexity index is 161. The highest BCUT2D eigenvalue weighted by Crippen LogP contribution is 2.21. The van der Waals surface area contributed by atoms with Crippen LogP contribution in [0.5, 0.6) is 0 Å². The Balaban J connectivity index is 2.53. The Morgan fingerprint density at radius 2 is 2.20 bits per heavy atom. The smallest absolute Gasteiger partial charge is 0.310 e. The van der Waals surface area contributed by atoms with Gasteiger partial charge in [-0.25, -0.2) is 0 Å². The number of carbonyl (C=O) groups is 1. The summed E-state index contributed by atoms with van der Waals surface area (Å²) < 4.78 is 0. The number of carboxylic acids is 1. The molecule has 0 bridgehead atoms. The molecule has 0 spiro atoms. The van der Waals surface area contributed by atoms with Crippen molar-refractivity contribution < 1.29 is 9.90 Å². The van der Waals surface area contributed by atoms with E-state index in [9.17, 15) is 4.79 Å². The van der Waals surface area contributed by atoms with Crippen molar-refractivity contribution in [3.63, 3.8) is 0 Å². The molecule has 0 fully saturated rings. The fourth-order valence-corrected chi connectivity index (χ4v) is 1.16. The molecule has 1 aliphatic carbocycles. The zero-order chi connectivity index (χ0) is 7.56. The first-order chi connectivity index (χ1) is 4.70. The molecule has 0 radical (unpaired) electrons. The van der Waals surface area contributed by atoms with Gasteiger partial charge in [0.15, 0.2) is 0 Å². The summed E-state index contributed by atoms with van der Waals surface area (Å²) >= 11 is 0. The summed E-state index contributed by atoms with van der Waals surface area (Å²) in [6, 6.07) is 0. The van der Waals surface area contributed by atoms with Crippen molar-refractivity contribution in [3.05, 3.63) is 12.2 Å². The maximum Gasteiger partial charge on any atom is 0.310 e. The predicted molar refractivity (Wildman–Crippen MR) is 38.7 cm³/mol. The normalized spacial score (nSPS) is 32.1. The molecule has 1 N–H and O–H groups in total. The van der Waals surface area contributed by atoms with Crippen LogP contribution in [-0.2, 0) is 4.79 Å². The monoisotopic (exact) mass is 140 g/mol. The van der Waals surface area contributed by atoms with Crippen molar-refractivity contribution in [2.75, 3.05) is 0 Å². The van der Waals surface area contributed by atoms with E-state index >= 15 is 0 Å². The molecule has 1 aliphatic rings. The van der Waals surface area contributed by atoms with Crippen molar-refractivity contribution in [1.29, 1.82) is 0 Å². The molecule has 0 heterocycles. The lowest BCUT2D eigenvalue weighted by Gasteiger charge is -2.15.